The zero-order valence-corrected chi connectivity index (χ0v) is 10.6. The minimum absolute atomic E-state index is 0.0692. The van der Waals surface area contributed by atoms with E-state index < -0.39 is 5.97 Å². The molecule has 1 heterocycles. The lowest BCUT2D eigenvalue weighted by atomic mass is 10.1. The minimum atomic E-state index is -0.422. The largest absolute Gasteiger partial charge is 0.465 e. The highest BCUT2D eigenvalue weighted by atomic mass is 16.5. The van der Waals surface area contributed by atoms with E-state index in [1.807, 2.05) is 0 Å². The molecule has 6 heteroatoms. The maximum atomic E-state index is 11.6. The van der Waals surface area contributed by atoms with Crippen LogP contribution in [-0.4, -0.2) is 43.9 Å². The van der Waals surface area contributed by atoms with Crippen LogP contribution < -0.4 is 10.6 Å². The van der Waals surface area contributed by atoms with Gasteiger partial charge in [0.1, 0.15) is 6.54 Å². The summed E-state index contributed by atoms with van der Waals surface area (Å²) < 4.78 is 10.3. The molecule has 0 aromatic carbocycles. The van der Waals surface area contributed by atoms with Crippen molar-refractivity contribution in [1.29, 1.82) is 0 Å². The quantitative estimate of drug-likeness (QED) is 0.699. The Morgan fingerprint density at radius 1 is 1.33 bits per heavy atom. The Balaban J connectivity index is 1.68. The first-order valence-corrected chi connectivity index (χ1v) is 6.52. The van der Waals surface area contributed by atoms with E-state index in [9.17, 15) is 9.59 Å². The van der Waals surface area contributed by atoms with E-state index in [-0.39, 0.29) is 24.7 Å². The number of ether oxygens (including phenoxy) is 2. The predicted octanol–water partition coefficient (Wildman–Crippen LogP) is 0.416. The second kappa shape index (κ2) is 6.04. The van der Waals surface area contributed by atoms with Crippen LogP contribution >= 0.6 is 0 Å². The van der Waals surface area contributed by atoms with Gasteiger partial charge in [-0.3, -0.25) is 4.79 Å². The predicted molar refractivity (Wildman–Crippen MR) is 64.0 cm³/mol. The van der Waals surface area contributed by atoms with Crippen LogP contribution in [0.5, 0.6) is 0 Å². The molecule has 2 N–H and O–H groups in total. The molecule has 2 aliphatic rings. The third kappa shape index (κ3) is 3.60. The van der Waals surface area contributed by atoms with Crippen LogP contribution in [0.25, 0.3) is 0 Å². The fourth-order valence-corrected chi connectivity index (χ4v) is 2.24. The molecule has 0 spiro atoms. The van der Waals surface area contributed by atoms with Crippen molar-refractivity contribution in [1.82, 2.24) is 10.6 Å². The smallest absolute Gasteiger partial charge is 0.325 e. The molecule has 2 atom stereocenters. The number of urea groups is 1. The molecule has 2 unspecified atom stereocenters. The highest BCUT2D eigenvalue weighted by Gasteiger charge is 2.41. The standard InChI is InChI=1S/C12H20N2O4/c1-2-17-10(15)7-13-12(16)14-9-5-6-18-11(9)8-3-4-8/h8-9,11H,2-7H2,1H3,(H2,13,14,16). The van der Waals surface area contributed by atoms with Crippen LogP contribution in [0, 0.1) is 5.92 Å². The summed E-state index contributed by atoms with van der Waals surface area (Å²) in [7, 11) is 0. The van der Waals surface area contributed by atoms with Gasteiger partial charge < -0.3 is 20.1 Å². The number of amides is 2. The molecule has 18 heavy (non-hydrogen) atoms. The molecular formula is C12H20N2O4. The van der Waals surface area contributed by atoms with Crippen molar-refractivity contribution in [3.05, 3.63) is 0 Å². The SMILES string of the molecule is CCOC(=O)CNC(=O)NC1CCOC1C1CC1. The molecule has 0 aromatic rings. The van der Waals surface area contributed by atoms with Crippen LogP contribution in [0.2, 0.25) is 0 Å². The lowest BCUT2D eigenvalue weighted by molar-refractivity contribution is -0.141. The van der Waals surface area contributed by atoms with E-state index in [2.05, 4.69) is 10.6 Å². The molecule has 1 saturated heterocycles. The summed E-state index contributed by atoms with van der Waals surface area (Å²) in [5.74, 6) is 0.178. The average molecular weight is 256 g/mol. The van der Waals surface area contributed by atoms with Gasteiger partial charge in [-0.25, -0.2) is 4.79 Å². The van der Waals surface area contributed by atoms with E-state index in [0.717, 1.165) is 6.42 Å². The van der Waals surface area contributed by atoms with Crippen molar-refractivity contribution < 1.29 is 19.1 Å². The van der Waals surface area contributed by atoms with E-state index in [4.69, 9.17) is 9.47 Å². The molecule has 2 rings (SSSR count). The summed E-state index contributed by atoms with van der Waals surface area (Å²) in [6.07, 6.45) is 3.37. The molecule has 0 radical (unpaired) electrons. The van der Waals surface area contributed by atoms with Crippen LogP contribution in [-0.2, 0) is 14.3 Å². The van der Waals surface area contributed by atoms with E-state index in [1.165, 1.54) is 12.8 Å². The zero-order valence-electron chi connectivity index (χ0n) is 10.6. The Bertz CT molecular complexity index is 317. The van der Waals surface area contributed by atoms with Gasteiger partial charge in [0.05, 0.1) is 18.8 Å². The first kappa shape index (κ1) is 13.1. The highest BCUT2D eigenvalue weighted by Crippen LogP contribution is 2.38. The van der Waals surface area contributed by atoms with E-state index in [1.54, 1.807) is 6.92 Å². The third-order valence-corrected chi connectivity index (χ3v) is 3.24. The Morgan fingerprint density at radius 3 is 2.78 bits per heavy atom. The summed E-state index contributed by atoms with van der Waals surface area (Å²) in [5, 5.41) is 5.36. The highest BCUT2D eigenvalue weighted by molar-refractivity contribution is 5.80. The molecule has 0 aromatic heterocycles. The molecule has 1 saturated carbocycles. The Labute approximate surface area is 106 Å². The average Bonchev–Trinajstić information content (AvgIpc) is 3.08. The normalized spacial score (nSPS) is 26.7. The van der Waals surface area contributed by atoms with Crippen LogP contribution in [0.3, 0.4) is 0 Å². The van der Waals surface area contributed by atoms with E-state index in [0.29, 0.717) is 19.1 Å². The van der Waals surface area contributed by atoms with Gasteiger partial charge >= 0.3 is 12.0 Å². The van der Waals surface area contributed by atoms with Crippen molar-refractivity contribution in [2.75, 3.05) is 19.8 Å². The van der Waals surface area contributed by atoms with Gasteiger partial charge in [0, 0.05) is 6.61 Å². The van der Waals surface area contributed by atoms with Crippen molar-refractivity contribution in [2.24, 2.45) is 5.92 Å². The summed E-state index contributed by atoms with van der Waals surface area (Å²) >= 11 is 0. The van der Waals surface area contributed by atoms with Gasteiger partial charge in [0.2, 0.25) is 0 Å². The molecule has 2 amide bonds. The van der Waals surface area contributed by atoms with Crippen molar-refractivity contribution in [3.63, 3.8) is 0 Å². The number of carbonyl (C=O) groups is 2. The maximum absolute atomic E-state index is 11.6. The molecule has 6 nitrogen and oxygen atoms in total. The molecule has 102 valence electrons. The van der Waals surface area contributed by atoms with Gasteiger partial charge in [-0.1, -0.05) is 0 Å². The summed E-state index contributed by atoms with van der Waals surface area (Å²) in [4.78, 5) is 22.7. The number of hydrogen-bond acceptors (Lipinski definition) is 4. The monoisotopic (exact) mass is 256 g/mol. The summed E-state index contributed by atoms with van der Waals surface area (Å²) in [5.41, 5.74) is 0. The second-order valence-electron chi connectivity index (χ2n) is 4.70. The zero-order chi connectivity index (χ0) is 13.0. The van der Waals surface area contributed by atoms with Crippen molar-refractivity contribution >= 4 is 12.0 Å². The van der Waals surface area contributed by atoms with Crippen molar-refractivity contribution in [3.8, 4) is 0 Å². The van der Waals surface area contributed by atoms with Crippen LogP contribution in [0.4, 0.5) is 4.79 Å². The topological polar surface area (TPSA) is 76.7 Å². The fraction of sp³-hybridized carbons (Fsp3) is 0.833. The first-order chi connectivity index (χ1) is 8.70. The molecule has 1 aliphatic carbocycles. The van der Waals surface area contributed by atoms with Crippen molar-refractivity contribution in [2.45, 2.75) is 38.3 Å². The number of carbonyl (C=O) groups excluding carboxylic acids is 2. The van der Waals surface area contributed by atoms with Gasteiger partial charge in [0.15, 0.2) is 0 Å². The Morgan fingerprint density at radius 2 is 2.11 bits per heavy atom. The minimum Gasteiger partial charge on any atom is -0.465 e. The maximum Gasteiger partial charge on any atom is 0.325 e. The molecule has 0 bridgehead atoms. The fourth-order valence-electron chi connectivity index (χ4n) is 2.24. The Kier molecular flexibility index (Phi) is 4.41. The molecule has 1 aliphatic heterocycles. The number of esters is 1. The van der Waals surface area contributed by atoms with Gasteiger partial charge in [-0.05, 0) is 32.1 Å². The second-order valence-corrected chi connectivity index (χ2v) is 4.70. The molecule has 2 fully saturated rings. The van der Waals surface area contributed by atoms with Gasteiger partial charge in [-0.2, -0.15) is 0 Å². The number of nitrogens with one attached hydrogen (secondary N) is 2. The van der Waals surface area contributed by atoms with Crippen LogP contribution in [0.15, 0.2) is 0 Å². The lowest BCUT2D eigenvalue weighted by Crippen LogP contribution is -2.47. The third-order valence-electron chi connectivity index (χ3n) is 3.24. The summed E-state index contributed by atoms with van der Waals surface area (Å²) in [6, 6.07) is -0.260. The summed E-state index contributed by atoms with van der Waals surface area (Å²) in [6.45, 7) is 2.65. The molecular weight excluding hydrogens is 236 g/mol. The first-order valence-electron chi connectivity index (χ1n) is 6.52. The van der Waals surface area contributed by atoms with E-state index >= 15 is 0 Å². The number of rotatable bonds is 5. The van der Waals surface area contributed by atoms with Crippen LogP contribution in [0.1, 0.15) is 26.2 Å². The number of hydrogen-bond donors (Lipinski definition) is 2. The van der Waals surface area contributed by atoms with Gasteiger partial charge in [-0.15, -0.1) is 0 Å². The Hall–Kier alpha value is -1.30. The van der Waals surface area contributed by atoms with Gasteiger partial charge in [0.25, 0.3) is 0 Å². The lowest BCUT2D eigenvalue weighted by Gasteiger charge is -2.19.